The van der Waals surface area contributed by atoms with Crippen LogP contribution in [-0.2, 0) is 0 Å². The van der Waals surface area contributed by atoms with Gasteiger partial charge in [0.05, 0.1) is 0 Å². The van der Waals surface area contributed by atoms with E-state index < -0.39 is 8.07 Å². The van der Waals surface area contributed by atoms with E-state index in [1.807, 2.05) is 0 Å². The molecule has 33 heavy (non-hydrogen) atoms. The summed E-state index contributed by atoms with van der Waals surface area (Å²) in [5.41, 5.74) is 6.54. The van der Waals surface area contributed by atoms with Crippen LogP contribution >= 0.6 is 0 Å². The summed E-state index contributed by atoms with van der Waals surface area (Å²) in [6.07, 6.45) is 0. The van der Waals surface area contributed by atoms with Crippen LogP contribution in [0.25, 0.3) is 43.3 Å². The van der Waals surface area contributed by atoms with Gasteiger partial charge < -0.3 is 4.42 Å². The maximum atomic E-state index is 6.24. The number of rotatable bonds is 3. The monoisotopic (exact) mass is 448 g/mol. The molecule has 0 atom stereocenters. The summed E-state index contributed by atoms with van der Waals surface area (Å²) in [5.74, 6) is 4.28. The van der Waals surface area contributed by atoms with Gasteiger partial charge in [0.1, 0.15) is 13.7 Å². The van der Waals surface area contributed by atoms with Crippen molar-refractivity contribution in [2.75, 3.05) is 0 Å². The summed E-state index contributed by atoms with van der Waals surface area (Å²) < 4.78 is 6.24. The molecule has 0 bridgehead atoms. The van der Waals surface area contributed by atoms with Gasteiger partial charge in [0.15, 0.2) is 5.76 Å². The van der Waals surface area contributed by atoms with E-state index in [-0.39, 0.29) is 0 Å². The Labute approximate surface area is 197 Å². The van der Waals surface area contributed by atoms with Crippen LogP contribution in [0.15, 0.2) is 71.1 Å². The molecule has 0 spiro atoms. The summed E-state index contributed by atoms with van der Waals surface area (Å²) >= 11 is 0. The lowest BCUT2D eigenvalue weighted by molar-refractivity contribution is 0.601. The molecule has 0 aliphatic heterocycles. The van der Waals surface area contributed by atoms with E-state index >= 15 is 0 Å². The van der Waals surface area contributed by atoms with E-state index in [9.17, 15) is 0 Å². The highest BCUT2D eigenvalue weighted by Gasteiger charge is 2.41. The molecule has 0 radical (unpaired) electrons. The predicted octanol–water partition coefficient (Wildman–Crippen LogP) is 9.46. The van der Waals surface area contributed by atoms with Crippen molar-refractivity contribution < 1.29 is 4.42 Å². The molecule has 2 heteroatoms. The number of hydrogen-bond acceptors (Lipinski definition) is 1. The average Bonchev–Trinajstić information content (AvgIpc) is 3.20. The van der Waals surface area contributed by atoms with E-state index in [0.717, 1.165) is 16.7 Å². The predicted molar refractivity (Wildman–Crippen MR) is 147 cm³/mol. The van der Waals surface area contributed by atoms with Crippen molar-refractivity contribution in [1.29, 1.82) is 0 Å². The van der Waals surface area contributed by atoms with Crippen molar-refractivity contribution in [2.24, 2.45) is 0 Å². The second-order valence-corrected chi connectivity index (χ2v) is 15.9. The van der Waals surface area contributed by atoms with Crippen LogP contribution in [0.4, 0.5) is 0 Å². The van der Waals surface area contributed by atoms with E-state index in [2.05, 4.69) is 120 Å². The molecule has 0 saturated heterocycles. The first-order chi connectivity index (χ1) is 15.8. The molecule has 0 aliphatic carbocycles. The minimum absolute atomic E-state index is 0.608. The van der Waals surface area contributed by atoms with E-state index in [4.69, 9.17) is 4.42 Å². The highest BCUT2D eigenvalue weighted by Crippen LogP contribution is 2.41. The Hall–Kier alpha value is -3.02. The molecule has 0 N–H and O–H groups in total. The first-order valence-electron chi connectivity index (χ1n) is 12.1. The summed E-state index contributed by atoms with van der Waals surface area (Å²) in [6.45, 7) is 14.1. The van der Waals surface area contributed by atoms with Gasteiger partial charge in [-0.05, 0) is 73.1 Å². The normalized spacial score (nSPS) is 12.5. The third kappa shape index (κ3) is 3.47. The fraction of sp³-hybridized carbons (Fsp3) is 0.290. The van der Waals surface area contributed by atoms with Crippen molar-refractivity contribution >= 4 is 51.4 Å². The fourth-order valence-corrected chi connectivity index (χ4v) is 11.2. The molecule has 1 nitrogen and oxygen atoms in total. The van der Waals surface area contributed by atoms with Gasteiger partial charge in [0.2, 0.25) is 0 Å². The standard InChI is InChI=1S/C31H32OSi/c1-20(2)33(21(3)4,22(5)6)16-15-26-19-30-28-12-11-25-17-23-9-7-8-10-24(23)18-29(25)27(28)13-14-31(30)32-26/h7-14,17-22H,1-6H3. The summed E-state index contributed by atoms with van der Waals surface area (Å²) in [7, 11) is -1.80. The smallest absolute Gasteiger partial charge is 0.177 e. The maximum Gasteiger partial charge on any atom is 0.177 e. The Morgan fingerprint density at radius 1 is 0.606 bits per heavy atom. The second kappa shape index (κ2) is 8.08. The largest absolute Gasteiger partial charge is 0.448 e. The van der Waals surface area contributed by atoms with Crippen molar-refractivity contribution in [2.45, 2.75) is 58.2 Å². The average molecular weight is 449 g/mol. The van der Waals surface area contributed by atoms with Crippen LogP contribution in [0.1, 0.15) is 47.3 Å². The van der Waals surface area contributed by atoms with Gasteiger partial charge in [-0.25, -0.2) is 0 Å². The molecular formula is C31H32OSi. The SMILES string of the molecule is CC(C)[Si](C#Cc1cc2c(ccc3c4cc5ccccc5cc4ccc23)o1)(C(C)C)C(C)C. The molecule has 0 unspecified atom stereocenters. The summed E-state index contributed by atoms with van der Waals surface area (Å²) in [6, 6.07) is 24.1. The van der Waals surface area contributed by atoms with Crippen LogP contribution in [-0.4, -0.2) is 8.07 Å². The highest BCUT2D eigenvalue weighted by molar-refractivity contribution is 6.90. The van der Waals surface area contributed by atoms with Crippen LogP contribution < -0.4 is 0 Å². The Morgan fingerprint density at radius 2 is 1.21 bits per heavy atom. The van der Waals surface area contributed by atoms with Crippen molar-refractivity contribution in [3.63, 3.8) is 0 Å². The quantitative estimate of drug-likeness (QED) is 0.116. The third-order valence-electron chi connectivity index (χ3n) is 7.65. The molecule has 166 valence electrons. The first kappa shape index (κ1) is 21.8. The summed E-state index contributed by atoms with van der Waals surface area (Å²) in [4.78, 5) is 0. The van der Waals surface area contributed by atoms with Gasteiger partial charge in [-0.15, -0.1) is 5.54 Å². The van der Waals surface area contributed by atoms with Gasteiger partial charge in [0.25, 0.3) is 0 Å². The molecule has 0 amide bonds. The van der Waals surface area contributed by atoms with Gasteiger partial charge >= 0.3 is 0 Å². The van der Waals surface area contributed by atoms with Gasteiger partial charge in [-0.1, -0.05) is 84.0 Å². The molecule has 0 saturated carbocycles. The Morgan fingerprint density at radius 3 is 1.88 bits per heavy atom. The minimum Gasteiger partial charge on any atom is -0.448 e. The Kier molecular flexibility index (Phi) is 5.34. The Bertz CT molecular complexity index is 1530. The zero-order chi connectivity index (χ0) is 23.3. The number of hydrogen-bond donors (Lipinski definition) is 0. The van der Waals surface area contributed by atoms with Gasteiger partial charge in [-0.2, -0.15) is 0 Å². The Balaban J connectivity index is 1.69. The lowest BCUT2D eigenvalue weighted by atomic mass is 9.97. The number of benzene rings is 4. The molecule has 0 aliphatic rings. The molecule has 5 rings (SSSR count). The molecule has 1 aromatic heterocycles. The van der Waals surface area contributed by atoms with Crippen LogP contribution in [0.3, 0.4) is 0 Å². The molecule has 5 aromatic rings. The van der Waals surface area contributed by atoms with Gasteiger partial charge in [-0.3, -0.25) is 0 Å². The minimum atomic E-state index is -1.80. The lowest BCUT2D eigenvalue weighted by Crippen LogP contribution is -2.43. The van der Waals surface area contributed by atoms with Gasteiger partial charge in [0, 0.05) is 11.5 Å². The molecule has 1 heterocycles. The number of furan rings is 1. The fourth-order valence-electron chi connectivity index (χ4n) is 6.01. The topological polar surface area (TPSA) is 13.1 Å². The van der Waals surface area contributed by atoms with Crippen LogP contribution in [0.5, 0.6) is 0 Å². The van der Waals surface area contributed by atoms with Crippen molar-refractivity contribution in [3.8, 4) is 11.5 Å². The highest BCUT2D eigenvalue weighted by atomic mass is 28.3. The van der Waals surface area contributed by atoms with Crippen molar-refractivity contribution in [1.82, 2.24) is 0 Å². The summed E-state index contributed by atoms with van der Waals surface area (Å²) in [5, 5.41) is 8.75. The lowest BCUT2D eigenvalue weighted by Gasteiger charge is -2.37. The third-order valence-corrected chi connectivity index (χ3v) is 13.9. The zero-order valence-electron chi connectivity index (χ0n) is 20.5. The van der Waals surface area contributed by atoms with Crippen LogP contribution in [0, 0.1) is 11.5 Å². The number of fused-ring (bicyclic) bond motifs is 6. The van der Waals surface area contributed by atoms with E-state index in [1.165, 1.54) is 32.3 Å². The van der Waals surface area contributed by atoms with Crippen LogP contribution in [0.2, 0.25) is 16.6 Å². The molecular weight excluding hydrogens is 416 g/mol. The van der Waals surface area contributed by atoms with E-state index in [0.29, 0.717) is 16.6 Å². The van der Waals surface area contributed by atoms with E-state index in [1.54, 1.807) is 0 Å². The first-order valence-corrected chi connectivity index (χ1v) is 14.4. The molecule has 0 fully saturated rings. The molecule has 4 aromatic carbocycles. The zero-order valence-corrected chi connectivity index (χ0v) is 21.5. The van der Waals surface area contributed by atoms with Crippen molar-refractivity contribution in [3.05, 3.63) is 72.5 Å². The maximum absolute atomic E-state index is 6.24. The second-order valence-electron chi connectivity index (χ2n) is 10.3.